The van der Waals surface area contributed by atoms with Crippen molar-refractivity contribution in [1.82, 2.24) is 4.98 Å². The normalized spacial score (nSPS) is 11.2. The summed E-state index contributed by atoms with van der Waals surface area (Å²) in [5.41, 5.74) is 3.07. The Hall–Kier alpha value is -3.19. The number of carbonyl (C=O) groups excluding carboxylic acids is 2. The predicted octanol–water partition coefficient (Wildman–Crippen LogP) is 6.53. The van der Waals surface area contributed by atoms with Crippen LogP contribution in [0, 0.1) is 0 Å². The number of anilines is 1. The lowest BCUT2D eigenvalue weighted by Gasteiger charge is -2.19. The number of aromatic nitrogens is 1. The van der Waals surface area contributed by atoms with Gasteiger partial charge in [0.2, 0.25) is 0 Å². The second-order valence-corrected chi connectivity index (χ2v) is 9.09. The SMILES string of the molecule is CCc1cc(C(=O)Oc2ccc(NC(=O)OC(C)(C)C)cc2)c(-c2cccc(SC)c2)[nH]1. The number of ether oxygens (including phenoxy) is 2. The summed E-state index contributed by atoms with van der Waals surface area (Å²) in [7, 11) is 0. The Morgan fingerprint density at radius 2 is 1.78 bits per heavy atom. The van der Waals surface area contributed by atoms with Gasteiger partial charge in [-0.2, -0.15) is 0 Å². The number of aryl methyl sites for hydroxylation is 1. The minimum absolute atomic E-state index is 0.382. The summed E-state index contributed by atoms with van der Waals surface area (Å²) in [5, 5.41) is 2.65. The van der Waals surface area contributed by atoms with Gasteiger partial charge in [0.15, 0.2) is 0 Å². The standard InChI is InChI=1S/C25H28N2O4S/c1-6-17-15-21(22(26-17)16-8-7-9-20(14-16)32-5)23(28)30-19-12-10-18(11-13-19)27-24(29)31-25(2,3)4/h7-15,26H,6H2,1-5H3,(H,27,29). The number of rotatable bonds is 6. The van der Waals surface area contributed by atoms with E-state index in [0.29, 0.717) is 17.0 Å². The number of nitrogens with one attached hydrogen (secondary N) is 2. The van der Waals surface area contributed by atoms with Crippen molar-refractivity contribution in [2.24, 2.45) is 0 Å². The smallest absolute Gasteiger partial charge is 0.412 e. The molecule has 2 N–H and O–H groups in total. The molecule has 1 aromatic heterocycles. The summed E-state index contributed by atoms with van der Waals surface area (Å²) in [4.78, 5) is 29.3. The average Bonchev–Trinajstić information content (AvgIpc) is 3.18. The molecule has 32 heavy (non-hydrogen) atoms. The molecule has 3 rings (SSSR count). The van der Waals surface area contributed by atoms with E-state index in [4.69, 9.17) is 9.47 Å². The molecule has 3 aromatic rings. The third-order valence-corrected chi connectivity index (χ3v) is 5.27. The number of amides is 1. The highest BCUT2D eigenvalue weighted by molar-refractivity contribution is 7.98. The Labute approximate surface area is 192 Å². The maximum Gasteiger partial charge on any atom is 0.412 e. The zero-order chi connectivity index (χ0) is 23.3. The largest absolute Gasteiger partial charge is 0.444 e. The number of hydrogen-bond donors (Lipinski definition) is 2. The topological polar surface area (TPSA) is 80.4 Å². The molecule has 168 valence electrons. The van der Waals surface area contributed by atoms with Crippen molar-refractivity contribution in [2.45, 2.75) is 44.6 Å². The van der Waals surface area contributed by atoms with Crippen molar-refractivity contribution in [3.05, 3.63) is 65.9 Å². The zero-order valence-electron chi connectivity index (χ0n) is 18.9. The summed E-state index contributed by atoms with van der Waals surface area (Å²) in [5.74, 6) is -0.0637. The zero-order valence-corrected chi connectivity index (χ0v) is 19.8. The average molecular weight is 453 g/mol. The Balaban J connectivity index is 1.76. The van der Waals surface area contributed by atoms with Crippen LogP contribution in [0.4, 0.5) is 10.5 Å². The molecule has 0 fully saturated rings. The van der Waals surface area contributed by atoms with Crippen molar-refractivity contribution >= 4 is 29.5 Å². The summed E-state index contributed by atoms with van der Waals surface area (Å²) in [6.07, 6.45) is 2.24. The quantitative estimate of drug-likeness (QED) is 0.252. The van der Waals surface area contributed by atoms with Crippen LogP contribution >= 0.6 is 11.8 Å². The molecule has 0 radical (unpaired) electrons. The Bertz CT molecular complexity index is 1100. The molecule has 0 aliphatic rings. The van der Waals surface area contributed by atoms with Crippen LogP contribution in [0.25, 0.3) is 11.3 Å². The number of hydrogen-bond acceptors (Lipinski definition) is 5. The number of thioether (sulfide) groups is 1. The van der Waals surface area contributed by atoms with E-state index in [1.807, 2.05) is 43.5 Å². The fourth-order valence-electron chi connectivity index (χ4n) is 3.06. The van der Waals surface area contributed by atoms with Crippen LogP contribution < -0.4 is 10.1 Å². The minimum Gasteiger partial charge on any atom is -0.444 e. The third kappa shape index (κ3) is 6.17. The first kappa shape index (κ1) is 23.5. The molecule has 0 saturated heterocycles. The lowest BCUT2D eigenvalue weighted by atomic mass is 10.1. The molecule has 0 saturated carbocycles. The van der Waals surface area contributed by atoms with Gasteiger partial charge in [0.25, 0.3) is 0 Å². The fourth-order valence-corrected chi connectivity index (χ4v) is 3.52. The number of aromatic amines is 1. The van der Waals surface area contributed by atoms with Crippen molar-refractivity contribution in [1.29, 1.82) is 0 Å². The van der Waals surface area contributed by atoms with E-state index in [-0.39, 0.29) is 0 Å². The van der Waals surface area contributed by atoms with Crippen LogP contribution in [0.5, 0.6) is 5.75 Å². The van der Waals surface area contributed by atoms with Gasteiger partial charge >= 0.3 is 12.1 Å². The van der Waals surface area contributed by atoms with Crippen LogP contribution in [0.2, 0.25) is 0 Å². The van der Waals surface area contributed by atoms with Crippen LogP contribution in [0.15, 0.2) is 59.5 Å². The highest BCUT2D eigenvalue weighted by atomic mass is 32.2. The van der Waals surface area contributed by atoms with Gasteiger partial charge in [-0.1, -0.05) is 19.1 Å². The van der Waals surface area contributed by atoms with E-state index in [9.17, 15) is 9.59 Å². The van der Waals surface area contributed by atoms with Gasteiger partial charge in [0.05, 0.1) is 11.3 Å². The van der Waals surface area contributed by atoms with Gasteiger partial charge < -0.3 is 14.5 Å². The molecule has 6 nitrogen and oxygen atoms in total. The number of carbonyl (C=O) groups is 2. The van der Waals surface area contributed by atoms with E-state index >= 15 is 0 Å². The first-order valence-electron chi connectivity index (χ1n) is 10.4. The maximum atomic E-state index is 13.0. The molecular weight excluding hydrogens is 424 g/mol. The van der Waals surface area contributed by atoms with E-state index in [2.05, 4.69) is 10.3 Å². The van der Waals surface area contributed by atoms with Crippen LogP contribution in [0.3, 0.4) is 0 Å². The second kappa shape index (κ2) is 9.96. The van der Waals surface area contributed by atoms with E-state index in [1.165, 1.54) is 0 Å². The molecule has 2 aromatic carbocycles. The summed E-state index contributed by atoms with van der Waals surface area (Å²) >= 11 is 1.65. The Morgan fingerprint density at radius 1 is 1.06 bits per heavy atom. The monoisotopic (exact) mass is 452 g/mol. The highest BCUT2D eigenvalue weighted by Crippen LogP contribution is 2.29. The predicted molar refractivity (Wildman–Crippen MR) is 129 cm³/mol. The summed E-state index contributed by atoms with van der Waals surface area (Å²) in [6, 6.07) is 16.4. The number of benzene rings is 2. The molecule has 1 heterocycles. The molecule has 7 heteroatoms. The first-order chi connectivity index (χ1) is 15.2. The van der Waals surface area contributed by atoms with Crippen LogP contribution in [-0.4, -0.2) is 28.9 Å². The van der Waals surface area contributed by atoms with Gasteiger partial charge in [-0.3, -0.25) is 5.32 Å². The molecule has 0 atom stereocenters. The fraction of sp³-hybridized carbons (Fsp3) is 0.280. The third-order valence-electron chi connectivity index (χ3n) is 4.54. The Morgan fingerprint density at radius 3 is 2.41 bits per heavy atom. The van der Waals surface area contributed by atoms with Crippen LogP contribution in [0.1, 0.15) is 43.7 Å². The van der Waals surface area contributed by atoms with Crippen molar-refractivity contribution in [3.8, 4) is 17.0 Å². The van der Waals surface area contributed by atoms with E-state index in [0.717, 1.165) is 28.3 Å². The molecule has 0 spiro atoms. The molecule has 1 amide bonds. The van der Waals surface area contributed by atoms with E-state index < -0.39 is 17.7 Å². The minimum atomic E-state index is -0.583. The summed E-state index contributed by atoms with van der Waals surface area (Å²) < 4.78 is 10.8. The van der Waals surface area contributed by atoms with E-state index in [1.54, 1.807) is 56.8 Å². The molecule has 0 aliphatic heterocycles. The molecular formula is C25H28N2O4S. The summed E-state index contributed by atoms with van der Waals surface area (Å²) in [6.45, 7) is 7.42. The first-order valence-corrected chi connectivity index (χ1v) is 11.6. The van der Waals surface area contributed by atoms with Gasteiger partial charge in [0.1, 0.15) is 11.4 Å². The lowest BCUT2D eigenvalue weighted by Crippen LogP contribution is -2.27. The molecule has 0 aliphatic carbocycles. The van der Waals surface area contributed by atoms with Crippen molar-refractivity contribution < 1.29 is 19.1 Å². The highest BCUT2D eigenvalue weighted by Gasteiger charge is 2.19. The van der Waals surface area contributed by atoms with Crippen molar-refractivity contribution in [3.63, 3.8) is 0 Å². The van der Waals surface area contributed by atoms with Crippen LogP contribution in [-0.2, 0) is 11.2 Å². The van der Waals surface area contributed by atoms with Gasteiger partial charge in [-0.25, -0.2) is 9.59 Å². The van der Waals surface area contributed by atoms with Gasteiger partial charge in [-0.05, 0) is 81.5 Å². The van der Waals surface area contributed by atoms with Gasteiger partial charge in [0, 0.05) is 16.3 Å². The Kier molecular flexibility index (Phi) is 7.30. The molecule has 0 unspecified atom stereocenters. The maximum absolute atomic E-state index is 13.0. The number of esters is 1. The van der Waals surface area contributed by atoms with Crippen molar-refractivity contribution in [2.75, 3.05) is 11.6 Å². The lowest BCUT2D eigenvalue weighted by molar-refractivity contribution is 0.0634. The second-order valence-electron chi connectivity index (χ2n) is 8.21. The number of H-pyrrole nitrogens is 1. The van der Waals surface area contributed by atoms with Gasteiger partial charge in [-0.15, -0.1) is 11.8 Å². The molecule has 0 bridgehead atoms.